The maximum atomic E-state index is 8.90. The lowest BCUT2D eigenvalue weighted by molar-refractivity contribution is 0.0582. The standard InChI is InChI=1S/C24H26N6O/c25-12-16-4-6-17(7-5-16)13-28-20-10-8-19(9-11-20)22-21(29-24(27)30-23(22)26)15-31-14-18-2-1-3-18/h4-11,18,28H,1-3,13-15H2,(H4,26,27,29,30). The van der Waals surface area contributed by atoms with Crippen LogP contribution in [0.15, 0.2) is 48.5 Å². The molecule has 1 heterocycles. The van der Waals surface area contributed by atoms with E-state index in [2.05, 4.69) is 21.4 Å². The molecule has 1 saturated carbocycles. The van der Waals surface area contributed by atoms with Crippen LogP contribution in [0.25, 0.3) is 11.1 Å². The van der Waals surface area contributed by atoms with Crippen molar-refractivity contribution in [3.63, 3.8) is 0 Å². The lowest BCUT2D eigenvalue weighted by atomic mass is 9.86. The number of nitrogen functional groups attached to an aromatic ring is 2. The van der Waals surface area contributed by atoms with Crippen molar-refractivity contribution in [3.05, 3.63) is 65.4 Å². The van der Waals surface area contributed by atoms with Crippen LogP contribution >= 0.6 is 0 Å². The molecular formula is C24H26N6O. The maximum absolute atomic E-state index is 8.90. The summed E-state index contributed by atoms with van der Waals surface area (Å²) in [6.07, 6.45) is 3.76. The minimum Gasteiger partial charge on any atom is -0.383 e. The first kappa shape index (κ1) is 20.6. The van der Waals surface area contributed by atoms with Gasteiger partial charge in [0.2, 0.25) is 5.95 Å². The lowest BCUT2D eigenvalue weighted by Crippen LogP contribution is -2.18. The first-order valence-electron chi connectivity index (χ1n) is 10.5. The zero-order chi connectivity index (χ0) is 21.6. The van der Waals surface area contributed by atoms with E-state index in [4.69, 9.17) is 21.5 Å². The van der Waals surface area contributed by atoms with Gasteiger partial charge in [-0.1, -0.05) is 30.7 Å². The highest BCUT2D eigenvalue weighted by Gasteiger charge is 2.19. The van der Waals surface area contributed by atoms with Crippen LogP contribution in [0.2, 0.25) is 0 Å². The van der Waals surface area contributed by atoms with Gasteiger partial charge in [-0.3, -0.25) is 0 Å². The molecule has 1 aliphatic carbocycles. The normalized spacial score (nSPS) is 13.4. The van der Waals surface area contributed by atoms with Crippen LogP contribution in [0.1, 0.15) is 36.1 Å². The van der Waals surface area contributed by atoms with Crippen molar-refractivity contribution in [1.82, 2.24) is 9.97 Å². The number of ether oxygens (including phenoxy) is 1. The van der Waals surface area contributed by atoms with Crippen molar-refractivity contribution in [2.75, 3.05) is 23.4 Å². The molecule has 0 aliphatic heterocycles. The van der Waals surface area contributed by atoms with E-state index in [0.29, 0.717) is 36.1 Å². The number of nitriles is 1. The minimum atomic E-state index is 0.157. The molecular weight excluding hydrogens is 388 g/mol. The summed E-state index contributed by atoms with van der Waals surface area (Å²) in [5.74, 6) is 1.17. The van der Waals surface area contributed by atoms with Crippen molar-refractivity contribution in [1.29, 1.82) is 5.26 Å². The molecule has 1 aliphatic rings. The van der Waals surface area contributed by atoms with Crippen LogP contribution in [0, 0.1) is 17.2 Å². The van der Waals surface area contributed by atoms with Crippen molar-refractivity contribution in [2.24, 2.45) is 5.92 Å². The van der Waals surface area contributed by atoms with Crippen molar-refractivity contribution in [2.45, 2.75) is 32.4 Å². The molecule has 1 fully saturated rings. The topological polar surface area (TPSA) is 123 Å². The predicted molar refractivity (Wildman–Crippen MR) is 122 cm³/mol. The fraction of sp³-hybridized carbons (Fsp3) is 0.292. The van der Waals surface area contributed by atoms with Crippen LogP contribution in [0.4, 0.5) is 17.5 Å². The number of anilines is 3. The molecule has 31 heavy (non-hydrogen) atoms. The second-order valence-electron chi connectivity index (χ2n) is 7.84. The number of aromatic nitrogens is 2. The monoisotopic (exact) mass is 414 g/mol. The van der Waals surface area contributed by atoms with Gasteiger partial charge in [0.1, 0.15) is 5.82 Å². The van der Waals surface area contributed by atoms with E-state index in [1.165, 1.54) is 19.3 Å². The largest absolute Gasteiger partial charge is 0.383 e. The summed E-state index contributed by atoms with van der Waals surface area (Å²) in [5.41, 5.74) is 17.2. The maximum Gasteiger partial charge on any atom is 0.222 e. The van der Waals surface area contributed by atoms with Gasteiger partial charge in [-0.2, -0.15) is 10.2 Å². The van der Waals surface area contributed by atoms with E-state index in [9.17, 15) is 0 Å². The number of rotatable bonds is 8. The molecule has 0 amide bonds. The summed E-state index contributed by atoms with van der Waals surface area (Å²) in [4.78, 5) is 8.53. The van der Waals surface area contributed by atoms with Crippen molar-refractivity contribution in [3.8, 4) is 17.2 Å². The molecule has 0 radical (unpaired) electrons. The van der Waals surface area contributed by atoms with Gasteiger partial charge in [0.15, 0.2) is 0 Å². The Balaban J connectivity index is 1.45. The Morgan fingerprint density at radius 1 is 1.03 bits per heavy atom. The first-order valence-corrected chi connectivity index (χ1v) is 10.5. The molecule has 0 unspecified atom stereocenters. The number of nitrogens with one attached hydrogen (secondary N) is 1. The Morgan fingerprint density at radius 2 is 1.77 bits per heavy atom. The second-order valence-corrected chi connectivity index (χ2v) is 7.84. The first-order chi connectivity index (χ1) is 15.1. The summed E-state index contributed by atoms with van der Waals surface area (Å²) in [6.45, 7) is 1.77. The van der Waals surface area contributed by atoms with Gasteiger partial charge in [0.25, 0.3) is 0 Å². The summed E-state index contributed by atoms with van der Waals surface area (Å²) in [7, 11) is 0. The van der Waals surface area contributed by atoms with E-state index < -0.39 is 0 Å². The molecule has 0 saturated heterocycles. The minimum absolute atomic E-state index is 0.157. The zero-order valence-electron chi connectivity index (χ0n) is 17.3. The number of hydrogen-bond acceptors (Lipinski definition) is 7. The Morgan fingerprint density at radius 3 is 2.42 bits per heavy atom. The van der Waals surface area contributed by atoms with Crippen LogP contribution in [-0.4, -0.2) is 16.6 Å². The highest BCUT2D eigenvalue weighted by molar-refractivity contribution is 5.77. The molecule has 0 atom stereocenters. The fourth-order valence-corrected chi connectivity index (χ4v) is 3.60. The third-order valence-electron chi connectivity index (χ3n) is 5.60. The van der Waals surface area contributed by atoms with Gasteiger partial charge < -0.3 is 21.5 Å². The molecule has 4 rings (SSSR count). The van der Waals surface area contributed by atoms with Crippen LogP contribution in [-0.2, 0) is 17.9 Å². The molecule has 158 valence electrons. The van der Waals surface area contributed by atoms with E-state index in [-0.39, 0.29) is 5.95 Å². The van der Waals surface area contributed by atoms with Gasteiger partial charge in [0, 0.05) is 24.4 Å². The highest BCUT2D eigenvalue weighted by Crippen LogP contribution is 2.31. The van der Waals surface area contributed by atoms with Gasteiger partial charge in [-0.25, -0.2) is 4.98 Å². The fourth-order valence-electron chi connectivity index (χ4n) is 3.60. The van der Waals surface area contributed by atoms with Crippen LogP contribution in [0.3, 0.4) is 0 Å². The summed E-state index contributed by atoms with van der Waals surface area (Å²) < 4.78 is 5.89. The Bertz CT molecular complexity index is 1070. The quantitative estimate of drug-likeness (QED) is 0.507. The summed E-state index contributed by atoms with van der Waals surface area (Å²) in [6, 6.07) is 17.6. The lowest BCUT2D eigenvalue weighted by Gasteiger charge is -2.25. The van der Waals surface area contributed by atoms with Crippen molar-refractivity contribution >= 4 is 17.5 Å². The summed E-state index contributed by atoms with van der Waals surface area (Å²) in [5, 5.41) is 12.3. The van der Waals surface area contributed by atoms with Crippen LogP contribution in [0.5, 0.6) is 0 Å². The molecule has 0 spiro atoms. The Kier molecular flexibility index (Phi) is 6.29. The van der Waals surface area contributed by atoms with E-state index in [1.807, 2.05) is 48.5 Å². The van der Waals surface area contributed by atoms with E-state index in [0.717, 1.165) is 29.0 Å². The summed E-state index contributed by atoms with van der Waals surface area (Å²) >= 11 is 0. The van der Waals surface area contributed by atoms with Gasteiger partial charge in [0.05, 0.1) is 23.9 Å². The number of nitrogens with zero attached hydrogens (tertiary/aromatic N) is 3. The SMILES string of the molecule is N#Cc1ccc(CNc2ccc(-c3c(N)nc(N)nc3COCC3CCC3)cc2)cc1. The Hall–Kier alpha value is -3.63. The zero-order valence-corrected chi connectivity index (χ0v) is 17.3. The van der Waals surface area contributed by atoms with Crippen LogP contribution < -0.4 is 16.8 Å². The van der Waals surface area contributed by atoms with Gasteiger partial charge in [-0.05, 0) is 54.2 Å². The van der Waals surface area contributed by atoms with Gasteiger partial charge >= 0.3 is 0 Å². The Labute approximate surface area is 182 Å². The van der Waals surface area contributed by atoms with Crippen molar-refractivity contribution < 1.29 is 4.74 Å². The molecule has 2 aromatic carbocycles. The molecule has 1 aromatic heterocycles. The van der Waals surface area contributed by atoms with E-state index in [1.54, 1.807) is 0 Å². The average Bonchev–Trinajstić information content (AvgIpc) is 2.74. The van der Waals surface area contributed by atoms with Gasteiger partial charge in [-0.15, -0.1) is 0 Å². The predicted octanol–water partition coefficient (Wildman–Crippen LogP) is 4.11. The molecule has 7 nitrogen and oxygen atoms in total. The third kappa shape index (κ3) is 5.11. The molecule has 7 heteroatoms. The molecule has 3 aromatic rings. The second kappa shape index (κ2) is 9.45. The number of benzene rings is 2. The smallest absolute Gasteiger partial charge is 0.222 e. The number of hydrogen-bond donors (Lipinski definition) is 3. The van der Waals surface area contributed by atoms with E-state index >= 15 is 0 Å². The molecule has 0 bridgehead atoms. The number of nitrogens with two attached hydrogens (primary N) is 2. The third-order valence-corrected chi connectivity index (χ3v) is 5.60. The average molecular weight is 415 g/mol. The highest BCUT2D eigenvalue weighted by atomic mass is 16.5. The molecule has 5 N–H and O–H groups in total.